The van der Waals surface area contributed by atoms with Gasteiger partial charge in [-0.1, -0.05) is 37.3 Å². The Morgan fingerprint density at radius 3 is 2.65 bits per heavy atom. The second kappa shape index (κ2) is 4.92. The van der Waals surface area contributed by atoms with Crippen LogP contribution in [-0.4, -0.2) is 24.6 Å². The molecule has 1 radical (unpaired) electrons. The van der Waals surface area contributed by atoms with Gasteiger partial charge in [-0.3, -0.25) is 4.57 Å². The van der Waals surface area contributed by atoms with E-state index in [9.17, 15) is 5.11 Å². The van der Waals surface area contributed by atoms with Gasteiger partial charge in [0.1, 0.15) is 0 Å². The van der Waals surface area contributed by atoms with Gasteiger partial charge in [-0.2, -0.15) is 4.98 Å². The van der Waals surface area contributed by atoms with E-state index in [1.165, 1.54) is 0 Å². The van der Waals surface area contributed by atoms with Crippen molar-refractivity contribution in [3.8, 4) is 6.01 Å². The fourth-order valence-electron chi connectivity index (χ4n) is 2.25. The lowest BCUT2D eigenvalue weighted by Gasteiger charge is -2.15. The number of aromatic nitrogens is 4. The number of benzene rings is 1. The van der Waals surface area contributed by atoms with Crippen LogP contribution in [0.2, 0.25) is 0 Å². The van der Waals surface area contributed by atoms with E-state index in [-0.39, 0.29) is 12.1 Å². The molecule has 0 aliphatic rings. The Hall–Kier alpha value is -2.43. The molecule has 20 heavy (non-hydrogen) atoms. The van der Waals surface area contributed by atoms with E-state index < -0.39 is 0 Å². The molecule has 3 aromatic rings. The first-order valence-electron chi connectivity index (χ1n) is 6.49. The van der Waals surface area contributed by atoms with Crippen LogP contribution in [0.3, 0.4) is 0 Å². The first kappa shape index (κ1) is 12.6. The number of fused-ring (bicyclic) bond motifs is 1. The normalized spacial score (nSPS) is 12.7. The highest BCUT2D eigenvalue weighted by Gasteiger charge is 2.18. The molecular formula is C15H15N4O. The molecule has 0 unspecified atom stereocenters. The Balaban J connectivity index is 2.17. The van der Waals surface area contributed by atoms with Crippen LogP contribution in [0.5, 0.6) is 6.01 Å². The molecular weight excluding hydrogens is 252 g/mol. The van der Waals surface area contributed by atoms with Crippen molar-refractivity contribution in [3.05, 3.63) is 54.2 Å². The molecule has 0 fully saturated rings. The van der Waals surface area contributed by atoms with Gasteiger partial charge < -0.3 is 5.11 Å². The quantitative estimate of drug-likeness (QED) is 0.792. The molecule has 0 aliphatic carbocycles. The zero-order valence-corrected chi connectivity index (χ0v) is 11.4. The topological polar surface area (TPSA) is 63.8 Å². The summed E-state index contributed by atoms with van der Waals surface area (Å²) < 4.78 is 1.70. The van der Waals surface area contributed by atoms with Crippen molar-refractivity contribution in [2.24, 2.45) is 0 Å². The second-order valence-electron chi connectivity index (χ2n) is 4.60. The van der Waals surface area contributed by atoms with Crippen molar-refractivity contribution in [3.63, 3.8) is 0 Å². The highest BCUT2D eigenvalue weighted by Crippen LogP contribution is 2.27. The number of hydrogen-bond donors (Lipinski definition) is 1. The summed E-state index contributed by atoms with van der Waals surface area (Å²) in [5, 5.41) is 10.1. The molecule has 0 spiro atoms. The fourth-order valence-corrected chi connectivity index (χ4v) is 2.25. The molecule has 1 atom stereocenters. The van der Waals surface area contributed by atoms with E-state index in [0.29, 0.717) is 11.3 Å². The Bertz CT molecular complexity index is 736. The van der Waals surface area contributed by atoms with Crippen LogP contribution in [-0.2, 0) is 0 Å². The lowest BCUT2D eigenvalue weighted by atomic mass is 10.1. The third-order valence-electron chi connectivity index (χ3n) is 3.37. The van der Waals surface area contributed by atoms with E-state index in [1.54, 1.807) is 10.8 Å². The molecule has 5 nitrogen and oxygen atoms in total. The van der Waals surface area contributed by atoms with Crippen LogP contribution in [0.25, 0.3) is 11.3 Å². The van der Waals surface area contributed by atoms with Crippen LogP contribution in [0.1, 0.15) is 31.1 Å². The summed E-state index contributed by atoms with van der Waals surface area (Å²) >= 11 is 0. The van der Waals surface area contributed by atoms with Gasteiger partial charge in [0.2, 0.25) is 5.65 Å². The summed E-state index contributed by atoms with van der Waals surface area (Å²) in [5.41, 5.74) is 2.89. The summed E-state index contributed by atoms with van der Waals surface area (Å²) in [7, 11) is 0. The Morgan fingerprint density at radius 1 is 1.20 bits per heavy atom. The monoisotopic (exact) mass is 267 g/mol. The minimum Gasteiger partial charge on any atom is -0.480 e. The van der Waals surface area contributed by atoms with Gasteiger partial charge in [0.25, 0.3) is 6.01 Å². The van der Waals surface area contributed by atoms with Crippen molar-refractivity contribution in [1.29, 1.82) is 0 Å². The van der Waals surface area contributed by atoms with Crippen LogP contribution in [0, 0.1) is 6.42 Å². The third kappa shape index (κ3) is 2.01. The van der Waals surface area contributed by atoms with Gasteiger partial charge in [0.05, 0.1) is 17.9 Å². The maximum atomic E-state index is 10.1. The average Bonchev–Trinajstić information content (AvgIpc) is 2.82. The molecule has 2 heterocycles. The summed E-state index contributed by atoms with van der Waals surface area (Å²) in [5.74, 6) is 0. The van der Waals surface area contributed by atoms with E-state index in [0.717, 1.165) is 11.3 Å². The number of imidazole rings is 1. The van der Waals surface area contributed by atoms with Crippen molar-refractivity contribution < 1.29 is 5.11 Å². The molecule has 0 amide bonds. The standard InChI is InChI=1S/C15H15N4O/c1-3-12-9-16-13-14(17-12)19(15(20)18-13)10(2)11-7-5-4-6-8-11/h3-10H,1-2H3,(H,16,18,20)/t10-/m0/s1. The predicted octanol–water partition coefficient (Wildman–Crippen LogP) is 2.71. The summed E-state index contributed by atoms with van der Waals surface area (Å²) in [4.78, 5) is 12.8. The van der Waals surface area contributed by atoms with Crippen LogP contribution in [0.15, 0.2) is 36.5 Å². The van der Waals surface area contributed by atoms with Crippen LogP contribution < -0.4 is 0 Å². The van der Waals surface area contributed by atoms with Gasteiger partial charge in [-0.05, 0) is 12.5 Å². The molecule has 1 N–H and O–H groups in total. The molecule has 1 aromatic carbocycles. The summed E-state index contributed by atoms with van der Waals surface area (Å²) in [6.07, 6.45) is 3.51. The highest BCUT2D eigenvalue weighted by molar-refractivity contribution is 5.68. The van der Waals surface area contributed by atoms with Gasteiger partial charge in [0.15, 0.2) is 5.65 Å². The summed E-state index contributed by atoms with van der Waals surface area (Å²) in [6, 6.07) is 9.80. The minimum atomic E-state index is -0.0670. The smallest absolute Gasteiger partial charge is 0.298 e. The lowest BCUT2D eigenvalue weighted by Crippen LogP contribution is -2.07. The van der Waals surface area contributed by atoms with Crippen molar-refractivity contribution in [2.45, 2.75) is 19.9 Å². The molecule has 2 aromatic heterocycles. The molecule has 5 heteroatoms. The average molecular weight is 267 g/mol. The molecule has 0 aliphatic heterocycles. The van der Waals surface area contributed by atoms with Crippen molar-refractivity contribution in [2.75, 3.05) is 0 Å². The maximum absolute atomic E-state index is 10.1. The fraction of sp³-hybridized carbons (Fsp3) is 0.200. The van der Waals surface area contributed by atoms with Gasteiger partial charge in [-0.25, -0.2) is 9.97 Å². The number of nitrogens with zero attached hydrogens (tertiary/aromatic N) is 4. The Labute approximate surface area is 117 Å². The minimum absolute atomic E-state index is 0.0652. The predicted molar refractivity (Wildman–Crippen MR) is 76.3 cm³/mol. The first-order valence-corrected chi connectivity index (χ1v) is 6.49. The number of aromatic hydroxyl groups is 1. The lowest BCUT2D eigenvalue weighted by molar-refractivity contribution is 0.393. The van der Waals surface area contributed by atoms with Crippen molar-refractivity contribution >= 4 is 11.3 Å². The van der Waals surface area contributed by atoms with Gasteiger partial charge in [0, 0.05) is 6.42 Å². The van der Waals surface area contributed by atoms with Gasteiger partial charge >= 0.3 is 0 Å². The van der Waals surface area contributed by atoms with E-state index in [1.807, 2.05) is 50.6 Å². The van der Waals surface area contributed by atoms with Crippen LogP contribution >= 0.6 is 0 Å². The van der Waals surface area contributed by atoms with Gasteiger partial charge in [-0.15, -0.1) is 0 Å². The maximum Gasteiger partial charge on any atom is 0.298 e. The number of rotatable bonds is 3. The second-order valence-corrected chi connectivity index (χ2v) is 4.60. The van der Waals surface area contributed by atoms with E-state index >= 15 is 0 Å². The SMILES string of the molecule is C[CH]c1cnc2nc(O)n([C@@H](C)c3ccccc3)c2n1. The Morgan fingerprint density at radius 2 is 1.95 bits per heavy atom. The van der Waals surface area contributed by atoms with E-state index in [2.05, 4.69) is 15.0 Å². The Kier molecular flexibility index (Phi) is 3.10. The number of hydrogen-bond acceptors (Lipinski definition) is 4. The van der Waals surface area contributed by atoms with E-state index in [4.69, 9.17) is 0 Å². The first-order chi connectivity index (χ1) is 9.70. The van der Waals surface area contributed by atoms with Crippen molar-refractivity contribution in [1.82, 2.24) is 19.5 Å². The molecule has 0 saturated heterocycles. The molecule has 3 rings (SSSR count). The molecule has 0 bridgehead atoms. The molecule has 101 valence electrons. The third-order valence-corrected chi connectivity index (χ3v) is 3.37. The highest BCUT2D eigenvalue weighted by atomic mass is 16.3. The van der Waals surface area contributed by atoms with Crippen LogP contribution in [0.4, 0.5) is 0 Å². The zero-order chi connectivity index (χ0) is 14.1. The zero-order valence-electron chi connectivity index (χ0n) is 11.4. The summed E-state index contributed by atoms with van der Waals surface area (Å²) in [6.45, 7) is 3.90. The molecule has 0 saturated carbocycles. The largest absolute Gasteiger partial charge is 0.480 e.